The molecule has 5 heteroatoms. The SMILES string of the molecule is S=C(N/C=C1/COc2ccccc21)N1CCN(c2ccccc2)CC1. The molecule has 2 aliphatic heterocycles. The highest BCUT2D eigenvalue weighted by atomic mass is 32.1. The van der Waals surface area contributed by atoms with Crippen molar-refractivity contribution in [1.82, 2.24) is 10.2 Å². The number of hydrogen-bond acceptors (Lipinski definition) is 3. The Balaban J connectivity index is 1.34. The molecular weight excluding hydrogens is 330 g/mol. The number of benzene rings is 2. The van der Waals surface area contributed by atoms with E-state index in [2.05, 4.69) is 51.5 Å². The number of nitrogens with one attached hydrogen (secondary N) is 1. The van der Waals surface area contributed by atoms with Crippen molar-refractivity contribution in [2.24, 2.45) is 0 Å². The van der Waals surface area contributed by atoms with Crippen LogP contribution in [0.15, 0.2) is 60.8 Å². The van der Waals surface area contributed by atoms with Gasteiger partial charge in [-0.1, -0.05) is 36.4 Å². The highest BCUT2D eigenvalue weighted by Crippen LogP contribution is 2.32. The lowest BCUT2D eigenvalue weighted by Crippen LogP contribution is -2.51. The van der Waals surface area contributed by atoms with Crippen LogP contribution >= 0.6 is 12.2 Å². The van der Waals surface area contributed by atoms with Crippen LogP contribution in [0.1, 0.15) is 5.56 Å². The number of hydrogen-bond donors (Lipinski definition) is 1. The Bertz CT molecular complexity index is 783. The van der Waals surface area contributed by atoms with Gasteiger partial charge in [0.05, 0.1) is 0 Å². The highest BCUT2D eigenvalue weighted by Gasteiger charge is 2.20. The van der Waals surface area contributed by atoms with Crippen LogP contribution in [0.3, 0.4) is 0 Å². The van der Waals surface area contributed by atoms with Gasteiger partial charge in [-0.15, -0.1) is 0 Å². The van der Waals surface area contributed by atoms with Gasteiger partial charge in [0.1, 0.15) is 12.4 Å². The van der Waals surface area contributed by atoms with Gasteiger partial charge in [0.25, 0.3) is 0 Å². The van der Waals surface area contributed by atoms with Crippen molar-refractivity contribution in [3.8, 4) is 5.75 Å². The fourth-order valence-electron chi connectivity index (χ4n) is 3.26. The molecule has 2 aliphatic rings. The molecule has 0 aliphatic carbocycles. The van der Waals surface area contributed by atoms with E-state index in [-0.39, 0.29) is 0 Å². The maximum Gasteiger partial charge on any atom is 0.173 e. The number of nitrogens with zero attached hydrogens (tertiary/aromatic N) is 2. The summed E-state index contributed by atoms with van der Waals surface area (Å²) in [6.45, 7) is 4.41. The van der Waals surface area contributed by atoms with E-state index in [1.54, 1.807) is 0 Å². The van der Waals surface area contributed by atoms with Crippen LogP contribution in [-0.4, -0.2) is 42.8 Å². The number of ether oxygens (including phenoxy) is 1. The Labute approximate surface area is 153 Å². The van der Waals surface area contributed by atoms with Crippen molar-refractivity contribution in [1.29, 1.82) is 0 Å². The van der Waals surface area contributed by atoms with Crippen LogP contribution in [0.2, 0.25) is 0 Å². The number of anilines is 1. The molecule has 4 nitrogen and oxygen atoms in total. The van der Waals surface area contributed by atoms with Gasteiger partial charge in [0, 0.05) is 49.2 Å². The summed E-state index contributed by atoms with van der Waals surface area (Å²) in [5.41, 5.74) is 3.57. The fourth-order valence-corrected chi connectivity index (χ4v) is 3.50. The second-order valence-electron chi connectivity index (χ2n) is 6.21. The van der Waals surface area contributed by atoms with Gasteiger partial charge in [0.2, 0.25) is 0 Å². The molecule has 1 N–H and O–H groups in total. The van der Waals surface area contributed by atoms with Crippen LogP contribution < -0.4 is 15.0 Å². The maximum atomic E-state index is 5.68. The fraction of sp³-hybridized carbons (Fsp3) is 0.250. The van der Waals surface area contributed by atoms with E-state index in [0.717, 1.165) is 48.2 Å². The molecule has 0 spiro atoms. The first kappa shape index (κ1) is 16.0. The zero-order valence-corrected chi connectivity index (χ0v) is 14.8. The smallest absolute Gasteiger partial charge is 0.173 e. The number of piperazine rings is 1. The third-order valence-corrected chi connectivity index (χ3v) is 5.05. The molecule has 1 fully saturated rings. The van der Waals surface area contributed by atoms with E-state index in [1.807, 2.05) is 24.4 Å². The summed E-state index contributed by atoms with van der Waals surface area (Å²) in [4.78, 5) is 4.63. The molecule has 0 unspecified atom stereocenters. The Kier molecular flexibility index (Phi) is 4.57. The van der Waals surface area contributed by atoms with Gasteiger partial charge in [-0.3, -0.25) is 0 Å². The van der Waals surface area contributed by atoms with Crippen LogP contribution in [0.5, 0.6) is 5.75 Å². The zero-order valence-electron chi connectivity index (χ0n) is 14.0. The minimum absolute atomic E-state index is 0.594. The summed E-state index contributed by atoms with van der Waals surface area (Å²) in [5, 5.41) is 4.07. The molecule has 2 aromatic carbocycles. The van der Waals surface area contributed by atoms with Crippen LogP contribution in [0.25, 0.3) is 5.57 Å². The van der Waals surface area contributed by atoms with Crippen LogP contribution in [-0.2, 0) is 0 Å². The molecule has 0 bridgehead atoms. The first-order valence-corrected chi connectivity index (χ1v) is 8.99. The van der Waals surface area contributed by atoms with E-state index < -0.39 is 0 Å². The normalized spacial score (nSPS) is 18.0. The molecular formula is C20H21N3OS. The summed E-state index contributed by atoms with van der Waals surface area (Å²) in [7, 11) is 0. The molecule has 4 rings (SSSR count). The molecule has 0 aromatic heterocycles. The van der Waals surface area contributed by atoms with Crippen molar-refractivity contribution < 1.29 is 4.74 Å². The third kappa shape index (κ3) is 3.46. The Morgan fingerprint density at radius 3 is 2.48 bits per heavy atom. The summed E-state index contributed by atoms with van der Waals surface area (Å²) >= 11 is 5.57. The third-order valence-electron chi connectivity index (χ3n) is 4.67. The Morgan fingerprint density at radius 2 is 1.68 bits per heavy atom. The van der Waals surface area contributed by atoms with Gasteiger partial charge >= 0.3 is 0 Å². The lowest BCUT2D eigenvalue weighted by molar-refractivity contribution is 0.383. The zero-order chi connectivity index (χ0) is 17.1. The van der Waals surface area contributed by atoms with Gasteiger partial charge < -0.3 is 19.9 Å². The molecule has 0 saturated carbocycles. The molecule has 0 amide bonds. The van der Waals surface area contributed by atoms with Crippen LogP contribution in [0, 0.1) is 0 Å². The van der Waals surface area contributed by atoms with Gasteiger partial charge in [-0.2, -0.15) is 0 Å². The average molecular weight is 351 g/mol. The molecule has 2 aromatic rings. The quantitative estimate of drug-likeness (QED) is 0.840. The summed E-state index contributed by atoms with van der Waals surface area (Å²) in [5.74, 6) is 0.943. The van der Waals surface area contributed by atoms with E-state index >= 15 is 0 Å². The first-order chi connectivity index (χ1) is 12.3. The topological polar surface area (TPSA) is 27.7 Å². The number of para-hydroxylation sites is 2. The number of fused-ring (bicyclic) bond motifs is 1. The van der Waals surface area contributed by atoms with E-state index in [9.17, 15) is 0 Å². The molecule has 128 valence electrons. The predicted octanol–water partition coefficient (Wildman–Crippen LogP) is 3.12. The molecule has 1 saturated heterocycles. The summed E-state index contributed by atoms with van der Waals surface area (Å²) in [6.07, 6.45) is 1.98. The summed E-state index contributed by atoms with van der Waals surface area (Å²) in [6, 6.07) is 18.6. The summed E-state index contributed by atoms with van der Waals surface area (Å²) < 4.78 is 5.68. The Morgan fingerprint density at radius 1 is 0.960 bits per heavy atom. The Hall–Kier alpha value is -2.53. The van der Waals surface area contributed by atoms with Crippen molar-refractivity contribution >= 4 is 28.6 Å². The maximum absolute atomic E-state index is 5.68. The predicted molar refractivity (Wildman–Crippen MR) is 106 cm³/mol. The highest BCUT2D eigenvalue weighted by molar-refractivity contribution is 7.80. The minimum atomic E-state index is 0.594. The molecule has 25 heavy (non-hydrogen) atoms. The lowest BCUT2D eigenvalue weighted by atomic mass is 10.1. The van der Waals surface area contributed by atoms with Crippen molar-refractivity contribution in [3.05, 3.63) is 66.4 Å². The van der Waals surface area contributed by atoms with Gasteiger partial charge in [-0.05, 0) is 30.4 Å². The van der Waals surface area contributed by atoms with Crippen molar-refractivity contribution in [2.75, 3.05) is 37.7 Å². The van der Waals surface area contributed by atoms with Gasteiger partial charge in [-0.25, -0.2) is 0 Å². The first-order valence-electron chi connectivity index (χ1n) is 8.58. The monoisotopic (exact) mass is 351 g/mol. The average Bonchev–Trinajstić information content (AvgIpc) is 3.10. The minimum Gasteiger partial charge on any atom is -0.488 e. The molecule has 0 radical (unpaired) electrons. The molecule has 0 atom stereocenters. The van der Waals surface area contributed by atoms with Crippen molar-refractivity contribution in [3.63, 3.8) is 0 Å². The second-order valence-corrected chi connectivity index (χ2v) is 6.60. The number of thiocarbonyl (C=S) groups is 1. The van der Waals surface area contributed by atoms with E-state index in [0.29, 0.717) is 6.61 Å². The van der Waals surface area contributed by atoms with Crippen LogP contribution in [0.4, 0.5) is 5.69 Å². The molecule has 2 heterocycles. The van der Waals surface area contributed by atoms with Gasteiger partial charge in [0.15, 0.2) is 5.11 Å². The largest absolute Gasteiger partial charge is 0.488 e. The lowest BCUT2D eigenvalue weighted by Gasteiger charge is -2.37. The second kappa shape index (κ2) is 7.15. The van der Waals surface area contributed by atoms with Crippen molar-refractivity contribution in [2.45, 2.75) is 0 Å². The van der Waals surface area contributed by atoms with E-state index in [4.69, 9.17) is 17.0 Å². The van der Waals surface area contributed by atoms with E-state index in [1.165, 1.54) is 5.69 Å². The standard InChI is InChI=1S/C20H21N3OS/c25-20(21-14-16-15-24-19-9-5-4-8-18(16)19)23-12-10-22(11-13-23)17-6-2-1-3-7-17/h1-9,14H,10-13,15H2,(H,21,25)/b16-14-. The number of rotatable bonds is 2.